The highest BCUT2D eigenvalue weighted by molar-refractivity contribution is 7.92. The van der Waals surface area contributed by atoms with Crippen LogP contribution in [0, 0.1) is 6.92 Å². The fraction of sp³-hybridized carbons (Fsp3) is 0.350. The number of nitrogens with one attached hydrogen (secondary N) is 1. The van der Waals surface area contributed by atoms with Gasteiger partial charge in [-0.05, 0) is 56.0 Å². The second kappa shape index (κ2) is 9.24. The molecular weight excluding hydrogens is 384 g/mol. The van der Waals surface area contributed by atoms with Crippen LogP contribution in [-0.2, 0) is 21.2 Å². The van der Waals surface area contributed by atoms with Crippen LogP contribution in [0.15, 0.2) is 48.5 Å². The molecule has 0 aliphatic heterocycles. The minimum absolute atomic E-state index is 0.0644. The lowest BCUT2D eigenvalue weighted by Gasteiger charge is -2.24. The first-order valence-electron chi connectivity index (χ1n) is 8.74. The molecule has 0 bridgehead atoms. The topological polar surface area (TPSA) is 66.5 Å². The smallest absolute Gasteiger partial charge is 0.240 e. The number of carbonyl (C=O) groups excluding carboxylic acids is 1. The van der Waals surface area contributed by atoms with Gasteiger partial charge in [-0.3, -0.25) is 9.10 Å². The van der Waals surface area contributed by atoms with E-state index in [2.05, 4.69) is 5.32 Å². The summed E-state index contributed by atoms with van der Waals surface area (Å²) in [6.07, 6.45) is 2.70. The maximum atomic E-state index is 12.4. The zero-order valence-electron chi connectivity index (χ0n) is 15.8. The molecule has 0 radical (unpaired) electrons. The number of anilines is 1. The number of nitrogens with zero attached hydrogens (tertiary/aromatic N) is 1. The molecule has 0 aliphatic rings. The SMILES string of the molecule is Cc1cc(Cl)ccc1N(CC(=O)N[C@H](C)CCc1ccccc1)S(C)(=O)=O. The van der Waals surface area contributed by atoms with Crippen LogP contribution in [0.5, 0.6) is 0 Å². The highest BCUT2D eigenvalue weighted by Crippen LogP contribution is 2.25. The summed E-state index contributed by atoms with van der Waals surface area (Å²) in [7, 11) is -3.61. The van der Waals surface area contributed by atoms with Crippen LogP contribution in [0.25, 0.3) is 0 Å². The van der Waals surface area contributed by atoms with Gasteiger partial charge in [0.05, 0.1) is 11.9 Å². The summed E-state index contributed by atoms with van der Waals surface area (Å²) in [5.74, 6) is -0.338. The van der Waals surface area contributed by atoms with Crippen molar-refractivity contribution < 1.29 is 13.2 Å². The van der Waals surface area contributed by atoms with E-state index in [1.165, 1.54) is 5.56 Å². The number of sulfonamides is 1. The predicted octanol–water partition coefficient (Wildman–Crippen LogP) is 3.55. The first-order valence-corrected chi connectivity index (χ1v) is 11.0. The molecule has 27 heavy (non-hydrogen) atoms. The summed E-state index contributed by atoms with van der Waals surface area (Å²) in [6, 6.07) is 14.9. The summed E-state index contributed by atoms with van der Waals surface area (Å²) in [4.78, 5) is 12.4. The van der Waals surface area contributed by atoms with Crippen molar-refractivity contribution in [1.29, 1.82) is 0 Å². The van der Waals surface area contributed by atoms with Crippen LogP contribution < -0.4 is 9.62 Å². The zero-order valence-corrected chi connectivity index (χ0v) is 17.3. The Morgan fingerprint density at radius 2 is 1.85 bits per heavy atom. The number of amides is 1. The van der Waals surface area contributed by atoms with E-state index in [1.54, 1.807) is 25.1 Å². The number of carbonyl (C=O) groups is 1. The summed E-state index contributed by atoms with van der Waals surface area (Å²) in [5, 5.41) is 3.40. The Bertz CT molecular complexity index is 885. The lowest BCUT2D eigenvalue weighted by Crippen LogP contribution is -2.43. The predicted molar refractivity (Wildman–Crippen MR) is 111 cm³/mol. The van der Waals surface area contributed by atoms with Gasteiger partial charge in [-0.2, -0.15) is 0 Å². The Labute approximate surface area is 166 Å². The fourth-order valence-corrected chi connectivity index (χ4v) is 3.97. The third-order valence-electron chi connectivity index (χ3n) is 4.23. The molecule has 0 spiro atoms. The lowest BCUT2D eigenvalue weighted by atomic mass is 10.1. The van der Waals surface area contributed by atoms with E-state index in [9.17, 15) is 13.2 Å². The van der Waals surface area contributed by atoms with E-state index in [1.807, 2.05) is 37.3 Å². The Kier molecular flexibility index (Phi) is 7.27. The van der Waals surface area contributed by atoms with E-state index in [0.29, 0.717) is 16.3 Å². The van der Waals surface area contributed by atoms with Gasteiger partial charge in [0.15, 0.2) is 0 Å². The molecule has 0 fully saturated rings. The molecule has 146 valence electrons. The van der Waals surface area contributed by atoms with Crippen molar-refractivity contribution in [2.24, 2.45) is 0 Å². The maximum absolute atomic E-state index is 12.4. The van der Waals surface area contributed by atoms with Gasteiger partial charge in [0, 0.05) is 11.1 Å². The van der Waals surface area contributed by atoms with Crippen LogP contribution in [0.1, 0.15) is 24.5 Å². The third-order valence-corrected chi connectivity index (χ3v) is 5.59. The number of aryl methyl sites for hydroxylation is 2. The minimum atomic E-state index is -3.61. The van der Waals surface area contributed by atoms with Crippen molar-refractivity contribution in [2.75, 3.05) is 17.1 Å². The summed E-state index contributed by atoms with van der Waals surface area (Å²) >= 11 is 5.95. The van der Waals surface area contributed by atoms with Crippen molar-refractivity contribution in [3.05, 3.63) is 64.7 Å². The second-order valence-corrected chi connectivity index (χ2v) is 9.04. The molecule has 2 aromatic carbocycles. The molecule has 0 aromatic heterocycles. The number of halogens is 1. The molecule has 0 unspecified atom stereocenters. The van der Waals surface area contributed by atoms with Crippen molar-refractivity contribution in [1.82, 2.24) is 5.32 Å². The first-order chi connectivity index (χ1) is 12.7. The van der Waals surface area contributed by atoms with Gasteiger partial charge >= 0.3 is 0 Å². The van der Waals surface area contributed by atoms with Crippen molar-refractivity contribution in [3.63, 3.8) is 0 Å². The molecule has 5 nitrogen and oxygen atoms in total. The van der Waals surface area contributed by atoms with E-state index in [0.717, 1.165) is 23.4 Å². The molecule has 0 saturated carbocycles. The normalized spacial score (nSPS) is 12.4. The molecule has 0 saturated heterocycles. The fourth-order valence-electron chi connectivity index (χ4n) is 2.83. The van der Waals surface area contributed by atoms with Crippen LogP contribution >= 0.6 is 11.6 Å². The van der Waals surface area contributed by atoms with E-state index in [-0.39, 0.29) is 18.5 Å². The van der Waals surface area contributed by atoms with Gasteiger partial charge in [-0.1, -0.05) is 41.9 Å². The standard InChI is InChI=1S/C20H25ClN2O3S/c1-15-13-18(21)11-12-19(15)23(27(3,25)26)14-20(24)22-16(2)9-10-17-7-5-4-6-8-17/h4-8,11-13,16H,9-10,14H2,1-3H3,(H,22,24)/t16-/m1/s1. The second-order valence-electron chi connectivity index (χ2n) is 6.69. The van der Waals surface area contributed by atoms with Gasteiger partial charge < -0.3 is 5.32 Å². The monoisotopic (exact) mass is 408 g/mol. The summed E-state index contributed by atoms with van der Waals surface area (Å²) in [5.41, 5.74) is 2.35. The Balaban J connectivity index is 2.01. The van der Waals surface area contributed by atoms with E-state index in [4.69, 9.17) is 11.6 Å². The average molecular weight is 409 g/mol. The molecule has 2 rings (SSSR count). The van der Waals surface area contributed by atoms with Gasteiger partial charge in [0.1, 0.15) is 6.54 Å². The van der Waals surface area contributed by atoms with Crippen molar-refractivity contribution in [2.45, 2.75) is 32.7 Å². The number of rotatable bonds is 8. The Hall–Kier alpha value is -2.05. The largest absolute Gasteiger partial charge is 0.352 e. The van der Waals surface area contributed by atoms with Gasteiger partial charge in [0.2, 0.25) is 15.9 Å². The van der Waals surface area contributed by atoms with Crippen LogP contribution in [0.4, 0.5) is 5.69 Å². The van der Waals surface area contributed by atoms with Crippen LogP contribution in [0.2, 0.25) is 5.02 Å². The molecule has 1 atom stereocenters. The Morgan fingerprint density at radius 3 is 2.44 bits per heavy atom. The first kappa shape index (κ1) is 21.3. The number of hydrogen-bond acceptors (Lipinski definition) is 3. The molecule has 0 aliphatic carbocycles. The van der Waals surface area contributed by atoms with E-state index >= 15 is 0 Å². The van der Waals surface area contributed by atoms with Crippen LogP contribution in [-0.4, -0.2) is 33.2 Å². The summed E-state index contributed by atoms with van der Waals surface area (Å²) < 4.78 is 25.5. The molecule has 2 aromatic rings. The van der Waals surface area contributed by atoms with Gasteiger partial charge in [-0.25, -0.2) is 8.42 Å². The van der Waals surface area contributed by atoms with Crippen LogP contribution in [0.3, 0.4) is 0 Å². The molecule has 1 N–H and O–H groups in total. The summed E-state index contributed by atoms with van der Waals surface area (Å²) in [6.45, 7) is 3.41. The van der Waals surface area contributed by atoms with Gasteiger partial charge in [0.25, 0.3) is 0 Å². The van der Waals surface area contributed by atoms with E-state index < -0.39 is 10.0 Å². The average Bonchev–Trinajstić information content (AvgIpc) is 2.58. The molecule has 7 heteroatoms. The van der Waals surface area contributed by atoms with Crippen molar-refractivity contribution in [3.8, 4) is 0 Å². The molecular formula is C20H25ClN2O3S. The van der Waals surface area contributed by atoms with Gasteiger partial charge in [-0.15, -0.1) is 0 Å². The molecule has 0 heterocycles. The molecule has 1 amide bonds. The maximum Gasteiger partial charge on any atom is 0.240 e. The quantitative estimate of drug-likeness (QED) is 0.726. The lowest BCUT2D eigenvalue weighted by molar-refractivity contribution is -0.120. The minimum Gasteiger partial charge on any atom is -0.352 e. The zero-order chi connectivity index (χ0) is 20.0. The number of hydrogen-bond donors (Lipinski definition) is 1. The highest BCUT2D eigenvalue weighted by Gasteiger charge is 2.23. The third kappa shape index (κ3) is 6.56. The number of benzene rings is 2. The van der Waals surface area contributed by atoms with Crippen molar-refractivity contribution >= 4 is 33.2 Å². The Morgan fingerprint density at radius 1 is 1.19 bits per heavy atom. The highest BCUT2D eigenvalue weighted by atomic mass is 35.5.